The Kier molecular flexibility index (Phi) is 5.81. The molecule has 3 N–H and O–H groups in total. The summed E-state index contributed by atoms with van der Waals surface area (Å²) in [5.41, 5.74) is 6.52. The van der Waals surface area contributed by atoms with Gasteiger partial charge in [0.2, 0.25) is 10.0 Å². The number of hydrogen-bond donors (Lipinski definition) is 2. The highest BCUT2D eigenvalue weighted by atomic mass is 35.5. The van der Waals surface area contributed by atoms with E-state index in [1.807, 2.05) is 0 Å². The van der Waals surface area contributed by atoms with E-state index in [9.17, 15) is 8.42 Å². The van der Waals surface area contributed by atoms with Gasteiger partial charge in [-0.05, 0) is 49.1 Å². The van der Waals surface area contributed by atoms with Gasteiger partial charge in [0, 0.05) is 16.5 Å². The van der Waals surface area contributed by atoms with Crippen molar-refractivity contribution >= 4 is 27.7 Å². The summed E-state index contributed by atoms with van der Waals surface area (Å²) in [4.78, 5) is 0. The Morgan fingerprint density at radius 2 is 1.90 bits per heavy atom. The fourth-order valence-electron chi connectivity index (χ4n) is 2.64. The van der Waals surface area contributed by atoms with Gasteiger partial charge in [-0.2, -0.15) is 0 Å². The van der Waals surface area contributed by atoms with Crippen molar-refractivity contribution in [3.8, 4) is 0 Å². The molecule has 0 saturated heterocycles. The minimum Gasteiger partial charge on any atom is -0.330 e. The van der Waals surface area contributed by atoms with Gasteiger partial charge in [0.05, 0.1) is 0 Å². The molecule has 21 heavy (non-hydrogen) atoms. The fourth-order valence-corrected chi connectivity index (χ4v) is 3.91. The number of sulfonamides is 1. The topological polar surface area (TPSA) is 72.2 Å². The second kappa shape index (κ2) is 7.40. The van der Waals surface area contributed by atoms with Crippen LogP contribution < -0.4 is 10.5 Å². The molecule has 1 aromatic rings. The lowest BCUT2D eigenvalue weighted by molar-refractivity contribution is 0.297. The molecule has 0 radical (unpaired) electrons. The smallest absolute Gasteiger partial charge is 0.233 e. The van der Waals surface area contributed by atoms with Crippen LogP contribution in [0.1, 0.15) is 31.2 Å². The number of nitrogens with two attached hydrogens (primary N) is 1. The monoisotopic (exact) mass is 328 g/mol. The molecule has 1 saturated carbocycles. The molecule has 0 bridgehead atoms. The van der Waals surface area contributed by atoms with Crippen LogP contribution in [-0.4, -0.2) is 21.0 Å². The molecule has 0 spiro atoms. The van der Waals surface area contributed by atoms with E-state index in [4.69, 9.17) is 17.3 Å². The summed E-state index contributed by atoms with van der Waals surface area (Å²) in [5.74, 6) is 0.234. The highest BCUT2D eigenvalue weighted by molar-refractivity contribution is 7.92. The SMILES string of the molecule is NCC1CCCCC1NS(=O)(=O)C=Cc1ccc(Cl)cc1. The third kappa shape index (κ3) is 5.11. The Balaban J connectivity index is 2.02. The van der Waals surface area contributed by atoms with E-state index in [0.717, 1.165) is 31.2 Å². The van der Waals surface area contributed by atoms with Gasteiger partial charge in [-0.15, -0.1) is 0 Å². The van der Waals surface area contributed by atoms with Crippen molar-refractivity contribution in [3.05, 3.63) is 40.3 Å². The molecule has 4 nitrogen and oxygen atoms in total. The average Bonchev–Trinajstić information content (AvgIpc) is 2.47. The van der Waals surface area contributed by atoms with Crippen LogP contribution in [0.3, 0.4) is 0 Å². The highest BCUT2D eigenvalue weighted by Gasteiger charge is 2.26. The standard InChI is InChI=1S/C15H21ClN2O2S/c16-14-7-5-12(6-8-14)9-10-21(19,20)18-15-4-2-1-3-13(15)11-17/h5-10,13,15,18H,1-4,11,17H2. The van der Waals surface area contributed by atoms with E-state index < -0.39 is 10.0 Å². The summed E-state index contributed by atoms with van der Waals surface area (Å²) >= 11 is 5.80. The molecule has 116 valence electrons. The van der Waals surface area contributed by atoms with Crippen LogP contribution in [0.5, 0.6) is 0 Å². The van der Waals surface area contributed by atoms with Gasteiger partial charge in [0.15, 0.2) is 0 Å². The van der Waals surface area contributed by atoms with Crippen LogP contribution in [0.4, 0.5) is 0 Å². The van der Waals surface area contributed by atoms with Gasteiger partial charge in [0.1, 0.15) is 0 Å². The third-order valence-electron chi connectivity index (χ3n) is 3.84. The minimum atomic E-state index is -3.45. The van der Waals surface area contributed by atoms with E-state index in [-0.39, 0.29) is 12.0 Å². The van der Waals surface area contributed by atoms with Crippen molar-refractivity contribution in [1.29, 1.82) is 0 Å². The van der Waals surface area contributed by atoms with E-state index >= 15 is 0 Å². The highest BCUT2D eigenvalue weighted by Crippen LogP contribution is 2.24. The fraction of sp³-hybridized carbons (Fsp3) is 0.467. The number of benzene rings is 1. The summed E-state index contributed by atoms with van der Waals surface area (Å²) in [6.45, 7) is 0.522. The van der Waals surface area contributed by atoms with Gasteiger partial charge in [-0.1, -0.05) is 36.6 Å². The van der Waals surface area contributed by atoms with Crippen LogP contribution in [0, 0.1) is 5.92 Å². The van der Waals surface area contributed by atoms with Gasteiger partial charge in [-0.3, -0.25) is 0 Å². The molecule has 0 heterocycles. The molecule has 6 heteroatoms. The maximum Gasteiger partial charge on any atom is 0.233 e. The maximum absolute atomic E-state index is 12.1. The molecular formula is C15H21ClN2O2S. The van der Waals surface area contributed by atoms with Crippen molar-refractivity contribution in [1.82, 2.24) is 4.72 Å². The molecule has 2 rings (SSSR count). The molecule has 2 unspecified atom stereocenters. The minimum absolute atomic E-state index is 0.0522. The molecule has 0 amide bonds. The van der Waals surface area contributed by atoms with Crippen LogP contribution >= 0.6 is 11.6 Å². The van der Waals surface area contributed by atoms with Crippen LogP contribution in [-0.2, 0) is 10.0 Å². The normalized spacial score (nSPS) is 23.5. The largest absolute Gasteiger partial charge is 0.330 e. The second-order valence-corrected chi connectivity index (χ2v) is 7.44. The van der Waals surface area contributed by atoms with Gasteiger partial charge in [0.25, 0.3) is 0 Å². The predicted molar refractivity (Wildman–Crippen MR) is 87.3 cm³/mol. The lowest BCUT2D eigenvalue weighted by Crippen LogP contribution is -2.43. The number of halogens is 1. The zero-order chi connectivity index (χ0) is 15.3. The molecule has 1 aliphatic rings. The number of nitrogens with one attached hydrogen (secondary N) is 1. The zero-order valence-electron chi connectivity index (χ0n) is 11.8. The molecule has 1 fully saturated rings. The predicted octanol–water partition coefficient (Wildman–Crippen LogP) is 2.75. The molecule has 1 aliphatic carbocycles. The quantitative estimate of drug-likeness (QED) is 0.873. The maximum atomic E-state index is 12.1. The average molecular weight is 329 g/mol. The first-order valence-electron chi connectivity index (χ1n) is 7.16. The van der Waals surface area contributed by atoms with Crippen LogP contribution in [0.2, 0.25) is 5.02 Å². The van der Waals surface area contributed by atoms with Crippen LogP contribution in [0.25, 0.3) is 6.08 Å². The van der Waals surface area contributed by atoms with Gasteiger partial charge < -0.3 is 5.73 Å². The van der Waals surface area contributed by atoms with Crippen molar-refractivity contribution in [2.24, 2.45) is 11.7 Å². The molecular weight excluding hydrogens is 308 g/mol. The Bertz CT molecular complexity index is 584. The first-order chi connectivity index (χ1) is 10.00. The van der Waals surface area contributed by atoms with E-state index in [0.29, 0.717) is 11.6 Å². The lowest BCUT2D eigenvalue weighted by Gasteiger charge is -2.30. The second-order valence-electron chi connectivity index (χ2n) is 5.40. The Labute approximate surface area is 131 Å². The third-order valence-corrected chi connectivity index (χ3v) is 5.21. The lowest BCUT2D eigenvalue weighted by atomic mass is 9.85. The summed E-state index contributed by atoms with van der Waals surface area (Å²) in [6.07, 6.45) is 5.59. The van der Waals surface area contributed by atoms with Crippen molar-refractivity contribution in [2.75, 3.05) is 6.54 Å². The molecule has 1 aromatic carbocycles. The summed E-state index contributed by atoms with van der Waals surface area (Å²) in [6, 6.07) is 6.96. The molecule has 0 aliphatic heterocycles. The first kappa shape index (κ1) is 16.5. The Morgan fingerprint density at radius 1 is 1.24 bits per heavy atom. The summed E-state index contributed by atoms with van der Waals surface area (Å²) in [5, 5.41) is 1.83. The van der Waals surface area contributed by atoms with Crippen molar-refractivity contribution < 1.29 is 8.42 Å². The first-order valence-corrected chi connectivity index (χ1v) is 9.08. The summed E-state index contributed by atoms with van der Waals surface area (Å²) in [7, 11) is -3.45. The summed E-state index contributed by atoms with van der Waals surface area (Å²) < 4.78 is 27.0. The number of hydrogen-bond acceptors (Lipinski definition) is 3. The van der Waals surface area contributed by atoms with Gasteiger partial charge in [-0.25, -0.2) is 13.1 Å². The molecule has 0 aromatic heterocycles. The Morgan fingerprint density at radius 3 is 2.57 bits per heavy atom. The van der Waals surface area contributed by atoms with Gasteiger partial charge >= 0.3 is 0 Å². The van der Waals surface area contributed by atoms with Crippen LogP contribution in [0.15, 0.2) is 29.7 Å². The van der Waals surface area contributed by atoms with E-state index in [1.165, 1.54) is 5.41 Å². The number of rotatable bonds is 5. The van der Waals surface area contributed by atoms with E-state index in [2.05, 4.69) is 4.72 Å². The van der Waals surface area contributed by atoms with Crippen molar-refractivity contribution in [2.45, 2.75) is 31.7 Å². The molecule has 2 atom stereocenters. The Hall–Kier alpha value is -0.880. The van der Waals surface area contributed by atoms with Crippen molar-refractivity contribution in [3.63, 3.8) is 0 Å². The van der Waals surface area contributed by atoms with E-state index in [1.54, 1.807) is 30.3 Å². The zero-order valence-corrected chi connectivity index (χ0v) is 13.4.